The van der Waals surface area contributed by atoms with Crippen molar-refractivity contribution in [3.63, 3.8) is 0 Å². The van der Waals surface area contributed by atoms with Crippen LogP contribution in [0.4, 0.5) is 5.69 Å². The third-order valence-electron chi connectivity index (χ3n) is 1.86. The highest BCUT2D eigenvalue weighted by Gasteiger charge is 2.08. The second kappa shape index (κ2) is 2.06. The molecular formula is C10H9N. The van der Waals surface area contributed by atoms with Crippen LogP contribution in [0.3, 0.4) is 0 Å². The van der Waals surface area contributed by atoms with Gasteiger partial charge in [0.05, 0.1) is 5.69 Å². The molecule has 0 bridgehead atoms. The molecule has 0 atom stereocenters. The van der Waals surface area contributed by atoms with Crippen LogP contribution in [0.1, 0.15) is 11.1 Å². The number of hydrogen-bond donors (Lipinski definition) is 0. The predicted molar refractivity (Wildman–Crippen MR) is 48.4 cm³/mol. The first-order valence-corrected chi connectivity index (χ1v) is 3.61. The molecule has 1 heteroatoms. The van der Waals surface area contributed by atoms with E-state index in [9.17, 15) is 0 Å². The summed E-state index contributed by atoms with van der Waals surface area (Å²) in [5.41, 5.74) is 4.47. The molecule has 0 saturated carbocycles. The molecule has 1 aromatic carbocycles. The van der Waals surface area contributed by atoms with Gasteiger partial charge in [0, 0.05) is 11.8 Å². The van der Waals surface area contributed by atoms with Crippen LogP contribution in [0.5, 0.6) is 0 Å². The number of nitrogens with zero attached hydrogens (tertiary/aromatic N) is 1. The normalized spacial score (nSPS) is 13.7. The van der Waals surface area contributed by atoms with Gasteiger partial charge in [-0.05, 0) is 24.1 Å². The number of allylic oxidation sites excluding steroid dienone is 1. The van der Waals surface area contributed by atoms with E-state index in [-0.39, 0.29) is 0 Å². The molecule has 0 fully saturated rings. The Morgan fingerprint density at radius 2 is 2.18 bits per heavy atom. The van der Waals surface area contributed by atoms with Gasteiger partial charge in [0.2, 0.25) is 0 Å². The van der Waals surface area contributed by atoms with Gasteiger partial charge in [-0.1, -0.05) is 18.7 Å². The van der Waals surface area contributed by atoms with Crippen molar-refractivity contribution in [2.75, 3.05) is 0 Å². The number of fused-ring (bicyclic) bond motifs is 1. The average Bonchev–Trinajstić information content (AvgIpc) is 2.32. The van der Waals surface area contributed by atoms with Crippen LogP contribution in [0.25, 0.3) is 5.57 Å². The molecule has 0 aromatic heterocycles. The van der Waals surface area contributed by atoms with Crippen molar-refractivity contribution in [3.05, 3.63) is 35.9 Å². The molecule has 0 aliphatic carbocycles. The maximum Gasteiger partial charge on any atom is 0.0711 e. The lowest BCUT2D eigenvalue weighted by Gasteiger charge is -1.97. The quantitative estimate of drug-likeness (QED) is 0.529. The molecule has 0 N–H and O–H groups in total. The molecular weight excluding hydrogens is 134 g/mol. The standard InChI is InChI=1S/C10H9N/c1-7-3-4-9-8(2)6-11-10(9)5-7/h3-6H,2H2,1H3. The van der Waals surface area contributed by atoms with E-state index in [4.69, 9.17) is 0 Å². The summed E-state index contributed by atoms with van der Waals surface area (Å²) in [5.74, 6) is 0. The Kier molecular flexibility index (Phi) is 1.19. The van der Waals surface area contributed by atoms with Crippen LogP contribution in [0, 0.1) is 6.92 Å². The smallest absolute Gasteiger partial charge is 0.0711 e. The first-order valence-electron chi connectivity index (χ1n) is 3.61. The summed E-state index contributed by atoms with van der Waals surface area (Å²) in [5, 5.41) is 0. The largest absolute Gasteiger partial charge is 0.256 e. The van der Waals surface area contributed by atoms with Crippen molar-refractivity contribution in [3.8, 4) is 0 Å². The predicted octanol–water partition coefficient (Wildman–Crippen LogP) is 2.72. The van der Waals surface area contributed by atoms with E-state index < -0.39 is 0 Å². The summed E-state index contributed by atoms with van der Waals surface area (Å²) >= 11 is 0. The first kappa shape index (κ1) is 6.35. The Morgan fingerprint density at radius 3 is 3.00 bits per heavy atom. The fourth-order valence-electron chi connectivity index (χ4n) is 1.24. The van der Waals surface area contributed by atoms with E-state index >= 15 is 0 Å². The molecule has 1 aliphatic rings. The van der Waals surface area contributed by atoms with Crippen LogP contribution in [0.2, 0.25) is 0 Å². The third kappa shape index (κ3) is 0.891. The van der Waals surface area contributed by atoms with Gasteiger partial charge < -0.3 is 0 Å². The molecule has 2 rings (SSSR count). The highest BCUT2D eigenvalue weighted by atomic mass is 14.7. The first-order chi connectivity index (χ1) is 5.27. The van der Waals surface area contributed by atoms with Crippen molar-refractivity contribution in [2.24, 2.45) is 4.99 Å². The molecule has 0 unspecified atom stereocenters. The van der Waals surface area contributed by atoms with E-state index in [1.165, 1.54) is 5.56 Å². The van der Waals surface area contributed by atoms with Crippen LogP contribution in [-0.4, -0.2) is 6.21 Å². The Hall–Kier alpha value is -1.37. The number of benzene rings is 1. The number of rotatable bonds is 0. The summed E-state index contributed by atoms with van der Waals surface area (Å²) in [6, 6.07) is 6.22. The summed E-state index contributed by atoms with van der Waals surface area (Å²) in [6.07, 6.45) is 1.81. The minimum Gasteiger partial charge on any atom is -0.256 e. The number of hydrogen-bond acceptors (Lipinski definition) is 1. The van der Waals surface area contributed by atoms with Gasteiger partial charge in [0.15, 0.2) is 0 Å². The molecule has 11 heavy (non-hydrogen) atoms. The lowest BCUT2D eigenvalue weighted by atomic mass is 10.1. The van der Waals surface area contributed by atoms with Gasteiger partial charge in [0.1, 0.15) is 0 Å². The monoisotopic (exact) mass is 143 g/mol. The molecule has 0 amide bonds. The fraction of sp³-hybridized carbons (Fsp3) is 0.100. The Bertz CT molecular complexity index is 348. The SMILES string of the molecule is C=C1C=Nc2cc(C)ccc21. The van der Waals surface area contributed by atoms with Gasteiger partial charge in [-0.15, -0.1) is 0 Å². The second-order valence-electron chi connectivity index (χ2n) is 2.80. The minimum atomic E-state index is 1.01. The lowest BCUT2D eigenvalue weighted by molar-refractivity contribution is 1.43. The van der Waals surface area contributed by atoms with Crippen molar-refractivity contribution in [2.45, 2.75) is 6.92 Å². The van der Waals surface area contributed by atoms with E-state index in [0.29, 0.717) is 0 Å². The van der Waals surface area contributed by atoms with Gasteiger partial charge in [0.25, 0.3) is 0 Å². The Labute approximate surface area is 66.1 Å². The molecule has 1 nitrogen and oxygen atoms in total. The van der Waals surface area contributed by atoms with Crippen molar-refractivity contribution in [1.29, 1.82) is 0 Å². The molecule has 1 aliphatic heterocycles. The molecule has 0 saturated heterocycles. The van der Waals surface area contributed by atoms with Gasteiger partial charge in [-0.25, -0.2) is 0 Å². The average molecular weight is 143 g/mol. The summed E-state index contributed by atoms with van der Waals surface area (Å²) in [4.78, 5) is 4.22. The fourth-order valence-corrected chi connectivity index (χ4v) is 1.24. The van der Waals surface area contributed by atoms with Crippen LogP contribution < -0.4 is 0 Å². The second-order valence-corrected chi connectivity index (χ2v) is 2.80. The third-order valence-corrected chi connectivity index (χ3v) is 1.86. The number of aliphatic imine (C=N–C) groups is 1. The summed E-state index contributed by atoms with van der Waals surface area (Å²) in [6.45, 7) is 5.94. The van der Waals surface area contributed by atoms with Gasteiger partial charge in [-0.2, -0.15) is 0 Å². The lowest BCUT2D eigenvalue weighted by Crippen LogP contribution is -1.77. The van der Waals surface area contributed by atoms with E-state index in [1.54, 1.807) is 0 Å². The van der Waals surface area contributed by atoms with Crippen LogP contribution >= 0.6 is 0 Å². The molecule has 54 valence electrons. The molecule has 0 spiro atoms. The number of aryl methyl sites for hydroxylation is 1. The minimum absolute atomic E-state index is 1.01. The maximum atomic E-state index is 4.22. The van der Waals surface area contributed by atoms with E-state index in [0.717, 1.165) is 16.8 Å². The maximum absolute atomic E-state index is 4.22. The van der Waals surface area contributed by atoms with Crippen molar-refractivity contribution in [1.82, 2.24) is 0 Å². The Morgan fingerprint density at radius 1 is 1.36 bits per heavy atom. The zero-order valence-corrected chi connectivity index (χ0v) is 6.46. The Balaban J connectivity index is 2.66. The summed E-state index contributed by atoms with van der Waals surface area (Å²) in [7, 11) is 0. The highest BCUT2D eigenvalue weighted by molar-refractivity contribution is 6.15. The van der Waals surface area contributed by atoms with Crippen molar-refractivity contribution < 1.29 is 0 Å². The summed E-state index contributed by atoms with van der Waals surface area (Å²) < 4.78 is 0. The zero-order chi connectivity index (χ0) is 7.84. The van der Waals surface area contributed by atoms with E-state index in [1.807, 2.05) is 6.21 Å². The van der Waals surface area contributed by atoms with Crippen LogP contribution in [-0.2, 0) is 0 Å². The van der Waals surface area contributed by atoms with Crippen molar-refractivity contribution >= 4 is 17.5 Å². The molecule has 0 radical (unpaired) electrons. The van der Waals surface area contributed by atoms with E-state index in [2.05, 4.69) is 36.7 Å². The topological polar surface area (TPSA) is 12.4 Å². The molecule has 1 heterocycles. The zero-order valence-electron chi connectivity index (χ0n) is 6.46. The van der Waals surface area contributed by atoms with Gasteiger partial charge in [-0.3, -0.25) is 4.99 Å². The molecule has 1 aromatic rings. The van der Waals surface area contributed by atoms with Gasteiger partial charge >= 0.3 is 0 Å². The van der Waals surface area contributed by atoms with Crippen LogP contribution in [0.15, 0.2) is 29.8 Å². The highest BCUT2D eigenvalue weighted by Crippen LogP contribution is 2.30.